The van der Waals surface area contributed by atoms with Crippen molar-refractivity contribution in [3.8, 4) is 5.75 Å². The molecule has 25 heavy (non-hydrogen) atoms. The quantitative estimate of drug-likeness (QED) is 0.605. The fourth-order valence-electron chi connectivity index (χ4n) is 2.38. The van der Waals surface area contributed by atoms with Crippen molar-refractivity contribution in [3.63, 3.8) is 0 Å². The molecule has 0 bridgehead atoms. The molecule has 0 aliphatic rings. The van der Waals surface area contributed by atoms with Crippen LogP contribution in [-0.2, 0) is 4.74 Å². The summed E-state index contributed by atoms with van der Waals surface area (Å²) in [4.78, 5) is 11.9. The van der Waals surface area contributed by atoms with E-state index in [2.05, 4.69) is 5.32 Å². The van der Waals surface area contributed by atoms with Crippen LogP contribution in [0.5, 0.6) is 5.75 Å². The normalized spacial score (nSPS) is 12.5. The average Bonchev–Trinajstić information content (AvgIpc) is 2.52. The van der Waals surface area contributed by atoms with Gasteiger partial charge < -0.3 is 19.9 Å². The lowest BCUT2D eigenvalue weighted by atomic mass is 10.1. The van der Waals surface area contributed by atoms with E-state index >= 15 is 0 Å². The standard InChI is InChI=1S/C20H33NO4/c1-16(21-19(23)25-20(2,3)4)17-11-10-12-18(15-17)24-14-9-7-5-6-8-13-22/h10-12,15-16,22H,5-9,13-14H2,1-4H3,(H,21,23)/t16-/m1/s1. The highest BCUT2D eigenvalue weighted by molar-refractivity contribution is 5.68. The number of hydrogen-bond acceptors (Lipinski definition) is 4. The van der Waals surface area contributed by atoms with Gasteiger partial charge in [0, 0.05) is 6.61 Å². The van der Waals surface area contributed by atoms with Crippen molar-refractivity contribution in [1.82, 2.24) is 5.32 Å². The fraction of sp³-hybridized carbons (Fsp3) is 0.650. The minimum Gasteiger partial charge on any atom is -0.494 e. The van der Waals surface area contributed by atoms with Gasteiger partial charge in [-0.05, 0) is 58.2 Å². The van der Waals surface area contributed by atoms with Crippen LogP contribution in [0, 0.1) is 0 Å². The molecule has 5 nitrogen and oxygen atoms in total. The van der Waals surface area contributed by atoms with E-state index in [4.69, 9.17) is 14.6 Å². The topological polar surface area (TPSA) is 67.8 Å². The van der Waals surface area contributed by atoms with E-state index in [0.29, 0.717) is 6.61 Å². The third-order valence-corrected chi connectivity index (χ3v) is 3.66. The monoisotopic (exact) mass is 351 g/mol. The Labute approximate surface area is 151 Å². The van der Waals surface area contributed by atoms with Crippen molar-refractivity contribution in [2.24, 2.45) is 0 Å². The van der Waals surface area contributed by atoms with Crippen LogP contribution in [0.4, 0.5) is 4.79 Å². The summed E-state index contributed by atoms with van der Waals surface area (Å²) in [6, 6.07) is 7.61. The summed E-state index contributed by atoms with van der Waals surface area (Å²) in [6.45, 7) is 8.40. The summed E-state index contributed by atoms with van der Waals surface area (Å²) in [6.07, 6.45) is 4.76. The highest BCUT2D eigenvalue weighted by Crippen LogP contribution is 2.20. The van der Waals surface area contributed by atoms with Gasteiger partial charge in [0.25, 0.3) is 0 Å². The molecule has 1 amide bonds. The maximum atomic E-state index is 11.9. The Morgan fingerprint density at radius 2 is 1.84 bits per heavy atom. The predicted octanol–water partition coefficient (Wildman–Crippen LogP) is 4.59. The second kappa shape index (κ2) is 11.0. The zero-order valence-corrected chi connectivity index (χ0v) is 16.0. The largest absolute Gasteiger partial charge is 0.494 e. The molecule has 0 aromatic heterocycles. The molecule has 1 aromatic rings. The first-order chi connectivity index (χ1) is 11.8. The van der Waals surface area contributed by atoms with Crippen molar-refractivity contribution >= 4 is 6.09 Å². The van der Waals surface area contributed by atoms with Crippen LogP contribution in [-0.4, -0.2) is 30.0 Å². The summed E-state index contributed by atoms with van der Waals surface area (Å²) >= 11 is 0. The number of unbranched alkanes of at least 4 members (excludes halogenated alkanes) is 4. The molecule has 0 heterocycles. The number of alkyl carbamates (subject to hydrolysis) is 1. The summed E-state index contributed by atoms with van der Waals surface area (Å²) < 4.78 is 11.1. The number of aliphatic hydroxyl groups is 1. The number of rotatable bonds is 10. The Hall–Kier alpha value is -1.75. The van der Waals surface area contributed by atoms with Gasteiger partial charge in [-0.2, -0.15) is 0 Å². The minimum absolute atomic E-state index is 0.156. The molecule has 0 unspecified atom stereocenters. The molecule has 0 aliphatic heterocycles. The number of carbonyl (C=O) groups excluding carboxylic acids is 1. The van der Waals surface area contributed by atoms with E-state index in [1.165, 1.54) is 0 Å². The zero-order chi connectivity index (χ0) is 18.7. The van der Waals surface area contributed by atoms with Crippen molar-refractivity contribution in [3.05, 3.63) is 29.8 Å². The van der Waals surface area contributed by atoms with Gasteiger partial charge in [0.2, 0.25) is 0 Å². The second-order valence-corrected chi connectivity index (χ2v) is 7.28. The number of amides is 1. The summed E-state index contributed by atoms with van der Waals surface area (Å²) in [5.74, 6) is 0.811. The predicted molar refractivity (Wildman–Crippen MR) is 99.9 cm³/mol. The van der Waals surface area contributed by atoms with Crippen LogP contribution >= 0.6 is 0 Å². The second-order valence-electron chi connectivity index (χ2n) is 7.28. The smallest absolute Gasteiger partial charge is 0.408 e. The van der Waals surface area contributed by atoms with Gasteiger partial charge in [0.1, 0.15) is 11.4 Å². The molecule has 1 rings (SSSR count). The van der Waals surface area contributed by atoms with Crippen LogP contribution in [0.3, 0.4) is 0 Å². The molecule has 1 aromatic carbocycles. The molecule has 5 heteroatoms. The Morgan fingerprint density at radius 3 is 2.52 bits per heavy atom. The average molecular weight is 351 g/mol. The Balaban J connectivity index is 2.39. The van der Waals surface area contributed by atoms with Gasteiger partial charge in [-0.1, -0.05) is 31.4 Å². The molecule has 0 spiro atoms. The van der Waals surface area contributed by atoms with E-state index in [1.807, 2.05) is 52.0 Å². The molecule has 1 atom stereocenters. The van der Waals surface area contributed by atoms with Gasteiger partial charge >= 0.3 is 6.09 Å². The summed E-state index contributed by atoms with van der Waals surface area (Å²) in [7, 11) is 0. The van der Waals surface area contributed by atoms with Crippen molar-refractivity contribution in [1.29, 1.82) is 0 Å². The Kier molecular flexibility index (Phi) is 9.35. The van der Waals surface area contributed by atoms with Crippen LogP contribution in [0.15, 0.2) is 24.3 Å². The van der Waals surface area contributed by atoms with E-state index in [9.17, 15) is 4.79 Å². The van der Waals surface area contributed by atoms with E-state index in [0.717, 1.165) is 43.4 Å². The van der Waals surface area contributed by atoms with E-state index in [-0.39, 0.29) is 12.6 Å². The van der Waals surface area contributed by atoms with Gasteiger partial charge in [0.05, 0.1) is 12.6 Å². The lowest BCUT2D eigenvalue weighted by Crippen LogP contribution is -2.34. The maximum absolute atomic E-state index is 11.9. The molecule has 0 aliphatic carbocycles. The Morgan fingerprint density at radius 1 is 1.16 bits per heavy atom. The highest BCUT2D eigenvalue weighted by Gasteiger charge is 2.18. The first-order valence-corrected chi connectivity index (χ1v) is 9.15. The SMILES string of the molecule is C[C@@H](NC(=O)OC(C)(C)C)c1cccc(OCCCCCCCO)c1. The number of benzene rings is 1. The van der Waals surface area contributed by atoms with Gasteiger partial charge in [-0.15, -0.1) is 0 Å². The molecule has 0 saturated carbocycles. The third-order valence-electron chi connectivity index (χ3n) is 3.66. The van der Waals surface area contributed by atoms with Crippen LogP contribution in [0.2, 0.25) is 0 Å². The van der Waals surface area contributed by atoms with Crippen LogP contribution < -0.4 is 10.1 Å². The molecule has 142 valence electrons. The number of nitrogens with one attached hydrogen (secondary N) is 1. The first-order valence-electron chi connectivity index (χ1n) is 9.15. The molecule has 0 fully saturated rings. The fourth-order valence-corrected chi connectivity index (χ4v) is 2.38. The number of hydrogen-bond donors (Lipinski definition) is 2. The molecule has 2 N–H and O–H groups in total. The van der Waals surface area contributed by atoms with Crippen molar-refractivity contribution in [2.75, 3.05) is 13.2 Å². The van der Waals surface area contributed by atoms with Gasteiger partial charge in [-0.3, -0.25) is 0 Å². The Bertz CT molecular complexity index is 511. The molecular formula is C20H33NO4. The van der Waals surface area contributed by atoms with Gasteiger partial charge in [0.15, 0.2) is 0 Å². The lowest BCUT2D eigenvalue weighted by Gasteiger charge is -2.22. The lowest BCUT2D eigenvalue weighted by molar-refractivity contribution is 0.0508. The maximum Gasteiger partial charge on any atom is 0.408 e. The van der Waals surface area contributed by atoms with Gasteiger partial charge in [-0.25, -0.2) is 4.79 Å². The summed E-state index contributed by atoms with van der Waals surface area (Å²) in [5.41, 5.74) is 0.470. The minimum atomic E-state index is -0.508. The summed E-state index contributed by atoms with van der Waals surface area (Å²) in [5, 5.41) is 11.6. The number of aliphatic hydroxyl groups excluding tert-OH is 1. The number of carbonyl (C=O) groups is 1. The number of ether oxygens (including phenoxy) is 2. The van der Waals surface area contributed by atoms with E-state index < -0.39 is 11.7 Å². The third kappa shape index (κ3) is 9.97. The van der Waals surface area contributed by atoms with Crippen molar-refractivity contribution < 1.29 is 19.4 Å². The molecular weight excluding hydrogens is 318 g/mol. The van der Waals surface area contributed by atoms with Crippen LogP contribution in [0.1, 0.15) is 71.4 Å². The first kappa shape index (κ1) is 21.3. The van der Waals surface area contributed by atoms with E-state index in [1.54, 1.807) is 0 Å². The zero-order valence-electron chi connectivity index (χ0n) is 16.0. The molecule has 0 saturated heterocycles. The highest BCUT2D eigenvalue weighted by atomic mass is 16.6. The molecule has 0 radical (unpaired) electrons. The van der Waals surface area contributed by atoms with Crippen molar-refractivity contribution in [2.45, 2.75) is 71.4 Å². The van der Waals surface area contributed by atoms with Crippen LogP contribution in [0.25, 0.3) is 0 Å².